The fourth-order valence-corrected chi connectivity index (χ4v) is 1.18. The number of hydrogen-bond acceptors (Lipinski definition) is 4. The molecule has 1 N–H and O–H groups in total. The van der Waals surface area contributed by atoms with Crippen LogP contribution >= 0.6 is 0 Å². The van der Waals surface area contributed by atoms with Crippen LogP contribution in [-0.2, 0) is 0 Å². The first-order valence-electron chi connectivity index (χ1n) is 4.52. The Bertz CT molecular complexity index is 537. The molecule has 0 fully saturated rings. The van der Waals surface area contributed by atoms with Crippen molar-refractivity contribution in [2.24, 2.45) is 0 Å². The number of rotatable bonds is 2. The number of aromatic amines is 1. The summed E-state index contributed by atoms with van der Waals surface area (Å²) in [7, 11) is 0. The highest BCUT2D eigenvalue weighted by atomic mass is 16.1. The topological polar surface area (TPSA) is 71.5 Å². The van der Waals surface area contributed by atoms with Gasteiger partial charge in [0.05, 0.1) is 12.5 Å². The minimum Gasteiger partial charge on any atom is -0.342 e. The standard InChI is InChI=1S/C10H10N4O/c1-6(2)3-8(15)10-11-4-7-9(14-10)13-5-12-7/h3-5H,1-2H3,(H,11,12,13,14). The van der Waals surface area contributed by atoms with Crippen LogP contribution in [0.1, 0.15) is 24.5 Å². The van der Waals surface area contributed by atoms with Crippen LogP contribution in [0.5, 0.6) is 0 Å². The van der Waals surface area contributed by atoms with E-state index in [4.69, 9.17) is 0 Å². The summed E-state index contributed by atoms with van der Waals surface area (Å²) in [6.07, 6.45) is 4.59. The van der Waals surface area contributed by atoms with E-state index < -0.39 is 0 Å². The van der Waals surface area contributed by atoms with Crippen LogP contribution in [0, 0.1) is 0 Å². The Morgan fingerprint density at radius 3 is 2.93 bits per heavy atom. The molecule has 2 rings (SSSR count). The minimum atomic E-state index is -0.195. The third kappa shape index (κ3) is 1.90. The Morgan fingerprint density at radius 2 is 2.20 bits per heavy atom. The van der Waals surface area contributed by atoms with E-state index in [1.165, 1.54) is 12.4 Å². The van der Waals surface area contributed by atoms with Crippen LogP contribution in [0.15, 0.2) is 24.2 Å². The molecule has 5 nitrogen and oxygen atoms in total. The molecule has 0 aliphatic carbocycles. The molecule has 0 saturated carbocycles. The summed E-state index contributed by atoms with van der Waals surface area (Å²) in [5, 5.41) is 0. The molecule has 2 heterocycles. The number of nitrogens with one attached hydrogen (secondary N) is 1. The number of fused-ring (bicyclic) bond motifs is 1. The maximum atomic E-state index is 11.6. The number of aromatic nitrogens is 4. The van der Waals surface area contributed by atoms with Gasteiger partial charge in [0.15, 0.2) is 5.65 Å². The smallest absolute Gasteiger partial charge is 0.223 e. The molecule has 2 aromatic heterocycles. The van der Waals surface area contributed by atoms with Gasteiger partial charge in [-0.3, -0.25) is 4.79 Å². The summed E-state index contributed by atoms with van der Waals surface area (Å²) in [5.74, 6) is -0.0179. The first kappa shape index (κ1) is 9.51. The number of nitrogens with zero attached hydrogens (tertiary/aromatic N) is 3. The Hall–Kier alpha value is -2.04. The average Bonchev–Trinajstić information content (AvgIpc) is 2.62. The number of ketones is 1. The maximum absolute atomic E-state index is 11.6. The van der Waals surface area contributed by atoms with Gasteiger partial charge in [-0.25, -0.2) is 15.0 Å². The SMILES string of the molecule is CC(C)=CC(=O)c1ncc2[nH]cnc2n1. The Morgan fingerprint density at radius 1 is 1.40 bits per heavy atom. The van der Waals surface area contributed by atoms with Gasteiger partial charge in [0.1, 0.15) is 5.52 Å². The summed E-state index contributed by atoms with van der Waals surface area (Å²) in [6.45, 7) is 3.70. The van der Waals surface area contributed by atoms with Crippen LogP contribution in [-0.4, -0.2) is 25.7 Å². The first-order valence-corrected chi connectivity index (χ1v) is 4.52. The van der Waals surface area contributed by atoms with Gasteiger partial charge in [-0.15, -0.1) is 0 Å². The van der Waals surface area contributed by atoms with E-state index in [0.29, 0.717) is 5.65 Å². The van der Waals surface area contributed by atoms with Gasteiger partial charge >= 0.3 is 0 Å². The summed E-state index contributed by atoms with van der Waals surface area (Å²) in [5.41, 5.74) is 2.16. The van der Waals surface area contributed by atoms with Crippen LogP contribution < -0.4 is 0 Å². The van der Waals surface area contributed by atoms with Gasteiger partial charge in [-0.1, -0.05) is 5.57 Å². The number of allylic oxidation sites excluding steroid dienone is 2. The van der Waals surface area contributed by atoms with Crippen LogP contribution in [0.3, 0.4) is 0 Å². The fraction of sp³-hybridized carbons (Fsp3) is 0.200. The van der Waals surface area contributed by atoms with E-state index in [0.717, 1.165) is 11.1 Å². The first-order chi connectivity index (χ1) is 7.16. The van der Waals surface area contributed by atoms with E-state index in [-0.39, 0.29) is 11.6 Å². The lowest BCUT2D eigenvalue weighted by Crippen LogP contribution is -2.02. The molecule has 0 amide bonds. The fourth-order valence-electron chi connectivity index (χ4n) is 1.18. The highest BCUT2D eigenvalue weighted by Crippen LogP contribution is 2.05. The second-order valence-corrected chi connectivity index (χ2v) is 3.42. The molecule has 0 radical (unpaired) electrons. The number of hydrogen-bond donors (Lipinski definition) is 1. The van der Waals surface area contributed by atoms with Crippen molar-refractivity contribution in [3.05, 3.63) is 30.0 Å². The second-order valence-electron chi connectivity index (χ2n) is 3.42. The van der Waals surface area contributed by atoms with Gasteiger partial charge in [0.25, 0.3) is 0 Å². The van der Waals surface area contributed by atoms with Crippen molar-refractivity contribution in [1.82, 2.24) is 19.9 Å². The van der Waals surface area contributed by atoms with Crippen molar-refractivity contribution in [1.29, 1.82) is 0 Å². The molecule has 5 heteroatoms. The van der Waals surface area contributed by atoms with Crippen molar-refractivity contribution >= 4 is 16.9 Å². The molecule has 76 valence electrons. The Labute approximate surface area is 86.3 Å². The predicted molar refractivity (Wildman–Crippen MR) is 55.4 cm³/mol. The summed E-state index contributed by atoms with van der Waals surface area (Å²) >= 11 is 0. The van der Waals surface area contributed by atoms with Crippen LogP contribution in [0.4, 0.5) is 0 Å². The van der Waals surface area contributed by atoms with Crippen molar-refractivity contribution < 1.29 is 4.79 Å². The van der Waals surface area contributed by atoms with Gasteiger partial charge in [0.2, 0.25) is 11.6 Å². The number of carbonyl (C=O) groups excluding carboxylic acids is 1. The highest BCUT2D eigenvalue weighted by Gasteiger charge is 2.07. The van der Waals surface area contributed by atoms with Crippen LogP contribution in [0.2, 0.25) is 0 Å². The van der Waals surface area contributed by atoms with Gasteiger partial charge in [-0.2, -0.15) is 0 Å². The monoisotopic (exact) mass is 202 g/mol. The van der Waals surface area contributed by atoms with Gasteiger partial charge in [-0.05, 0) is 19.9 Å². The molecule has 0 unspecified atom stereocenters. The van der Waals surface area contributed by atoms with Gasteiger partial charge < -0.3 is 4.98 Å². The summed E-state index contributed by atoms with van der Waals surface area (Å²) < 4.78 is 0. The molecule has 0 aromatic carbocycles. The van der Waals surface area contributed by atoms with E-state index in [9.17, 15) is 4.79 Å². The van der Waals surface area contributed by atoms with E-state index >= 15 is 0 Å². The molecule has 0 bridgehead atoms. The van der Waals surface area contributed by atoms with Crippen molar-refractivity contribution in [2.45, 2.75) is 13.8 Å². The zero-order valence-corrected chi connectivity index (χ0v) is 8.48. The molecule has 0 aliphatic rings. The molecular formula is C10H10N4O. The molecule has 0 aliphatic heterocycles. The third-order valence-corrected chi connectivity index (χ3v) is 1.82. The van der Waals surface area contributed by atoms with E-state index in [1.54, 1.807) is 6.20 Å². The van der Waals surface area contributed by atoms with Crippen molar-refractivity contribution in [3.63, 3.8) is 0 Å². The van der Waals surface area contributed by atoms with Crippen molar-refractivity contribution in [2.75, 3.05) is 0 Å². The summed E-state index contributed by atoms with van der Waals surface area (Å²) in [4.78, 5) is 26.4. The average molecular weight is 202 g/mol. The van der Waals surface area contributed by atoms with E-state index in [2.05, 4.69) is 19.9 Å². The summed E-state index contributed by atoms with van der Waals surface area (Å²) in [6, 6.07) is 0. The lowest BCUT2D eigenvalue weighted by atomic mass is 10.2. The third-order valence-electron chi connectivity index (χ3n) is 1.82. The van der Waals surface area contributed by atoms with Crippen LogP contribution in [0.25, 0.3) is 11.2 Å². The Balaban J connectivity index is 2.44. The molecule has 2 aromatic rings. The number of imidazole rings is 1. The molecule has 15 heavy (non-hydrogen) atoms. The highest BCUT2D eigenvalue weighted by molar-refractivity contribution is 6.02. The molecule has 0 atom stereocenters. The zero-order chi connectivity index (χ0) is 10.8. The minimum absolute atomic E-state index is 0.177. The zero-order valence-electron chi connectivity index (χ0n) is 8.48. The normalized spacial score (nSPS) is 10.3. The Kier molecular flexibility index (Phi) is 2.29. The van der Waals surface area contributed by atoms with Gasteiger partial charge in [0, 0.05) is 0 Å². The van der Waals surface area contributed by atoms with Crippen molar-refractivity contribution in [3.8, 4) is 0 Å². The molecule has 0 saturated heterocycles. The molecular weight excluding hydrogens is 192 g/mol. The quantitative estimate of drug-likeness (QED) is 0.591. The maximum Gasteiger partial charge on any atom is 0.223 e. The predicted octanol–water partition coefficient (Wildman–Crippen LogP) is 1.50. The largest absolute Gasteiger partial charge is 0.342 e. The number of H-pyrrole nitrogens is 1. The second kappa shape index (κ2) is 3.61. The lowest BCUT2D eigenvalue weighted by molar-refractivity contribution is 0.103. The number of carbonyl (C=O) groups is 1. The van der Waals surface area contributed by atoms with E-state index in [1.807, 2.05) is 13.8 Å². The lowest BCUT2D eigenvalue weighted by Gasteiger charge is -1.94. The molecule has 0 spiro atoms.